The molecule has 1 aliphatic heterocycles. The van der Waals surface area contributed by atoms with E-state index < -0.39 is 5.79 Å². The van der Waals surface area contributed by atoms with E-state index >= 15 is 0 Å². The van der Waals surface area contributed by atoms with Crippen molar-refractivity contribution in [1.29, 1.82) is 0 Å². The second-order valence-corrected chi connectivity index (χ2v) is 10.3. The molecule has 4 aliphatic rings. The summed E-state index contributed by atoms with van der Waals surface area (Å²) in [6.07, 6.45) is 7.84. The van der Waals surface area contributed by atoms with Crippen LogP contribution in [0.4, 0.5) is 0 Å². The van der Waals surface area contributed by atoms with E-state index in [0.29, 0.717) is 55.6 Å². The molecule has 0 aromatic rings. The minimum absolute atomic E-state index is 0.0115. The summed E-state index contributed by atoms with van der Waals surface area (Å²) in [5.74, 6) is 1.74. The molecule has 2 unspecified atom stereocenters. The van der Waals surface area contributed by atoms with Gasteiger partial charge >= 0.3 is 0 Å². The van der Waals surface area contributed by atoms with Crippen molar-refractivity contribution in [2.75, 3.05) is 19.8 Å². The Balaban J connectivity index is 1.65. The van der Waals surface area contributed by atoms with Crippen LogP contribution in [-0.2, 0) is 14.3 Å². The first-order chi connectivity index (χ1) is 13.4. The van der Waals surface area contributed by atoms with Gasteiger partial charge in [-0.2, -0.15) is 0 Å². The smallest absolute Gasteiger partial charge is 0.174 e. The molecule has 0 bridgehead atoms. The van der Waals surface area contributed by atoms with Gasteiger partial charge in [-0.05, 0) is 67.7 Å². The van der Waals surface area contributed by atoms with Crippen LogP contribution < -0.4 is 0 Å². The van der Waals surface area contributed by atoms with Crippen molar-refractivity contribution in [3.63, 3.8) is 0 Å². The molecule has 4 rings (SSSR count). The summed E-state index contributed by atoms with van der Waals surface area (Å²) in [4.78, 5) is 16.2. The van der Waals surface area contributed by atoms with Crippen molar-refractivity contribution in [3.05, 3.63) is 10.4 Å². The highest BCUT2D eigenvalue weighted by molar-refractivity contribution is 5.85. The Labute approximate surface area is 168 Å². The first-order valence-corrected chi connectivity index (χ1v) is 11.2. The minimum atomic E-state index is -0.439. The molecule has 0 amide bonds. The summed E-state index contributed by atoms with van der Waals surface area (Å²) in [6, 6.07) is 0. The molecule has 3 aliphatic carbocycles. The Kier molecular flexibility index (Phi) is 5.26. The first kappa shape index (κ1) is 20.2. The number of fused-ring (bicyclic) bond motifs is 2. The van der Waals surface area contributed by atoms with Gasteiger partial charge in [-0.1, -0.05) is 25.9 Å². The van der Waals surface area contributed by atoms with Gasteiger partial charge in [0, 0.05) is 35.1 Å². The largest absolute Gasteiger partial charge is 0.347 e. The lowest BCUT2D eigenvalue weighted by molar-refractivity contribution is -0.242. The number of Topliss-reactive ketones (excluding diaryl/α,β-unsaturated/α-hetero) is 1. The number of carbonyl (C=O) groups excluding carboxylic acids is 1. The number of hydrogen-bond acceptors (Lipinski definition) is 4. The molecule has 1 saturated heterocycles. The van der Waals surface area contributed by atoms with Crippen molar-refractivity contribution in [3.8, 4) is 0 Å². The average molecular weight is 390 g/mol. The zero-order valence-corrected chi connectivity index (χ0v) is 17.7. The predicted molar refractivity (Wildman–Crippen MR) is 106 cm³/mol. The van der Waals surface area contributed by atoms with Gasteiger partial charge in [0.2, 0.25) is 0 Å². The van der Waals surface area contributed by atoms with Crippen molar-refractivity contribution in [2.45, 2.75) is 77.9 Å². The van der Waals surface area contributed by atoms with Crippen LogP contribution in [0.5, 0.6) is 0 Å². The molecule has 6 nitrogen and oxygen atoms in total. The van der Waals surface area contributed by atoms with Crippen molar-refractivity contribution in [1.82, 2.24) is 0 Å². The van der Waals surface area contributed by atoms with Crippen LogP contribution in [0.3, 0.4) is 0 Å². The maximum atomic E-state index is 13.2. The molecule has 1 heterocycles. The number of carbonyl (C=O) groups is 1. The SMILES string of the molecule is C[C@H]1CC[C@](C)(C2CC[C@@]3(C)C(CCC34OCCO4)[C@@H]2CCN=[N+]=[N-])C(=O)C1. The van der Waals surface area contributed by atoms with E-state index in [9.17, 15) is 4.79 Å². The van der Waals surface area contributed by atoms with Crippen LogP contribution in [0.2, 0.25) is 0 Å². The number of ketones is 1. The summed E-state index contributed by atoms with van der Waals surface area (Å²) in [5, 5.41) is 3.86. The standard InChI is InChI=1S/C22H35N3O3/c1-15-4-8-20(2,19(26)14-15)17-5-9-21(3)18(16(17)7-11-24-25-23)6-10-22(21)27-12-13-28-22/h15-18H,4-14H2,1-3H3/t15-,16+,17?,18?,20+,21-/m0/s1. The van der Waals surface area contributed by atoms with Crippen LogP contribution in [0, 0.1) is 34.5 Å². The molecular formula is C22H35N3O3. The van der Waals surface area contributed by atoms with E-state index in [1.807, 2.05) is 0 Å². The predicted octanol–water partition coefficient (Wildman–Crippen LogP) is 5.27. The van der Waals surface area contributed by atoms with Gasteiger partial charge < -0.3 is 9.47 Å². The number of nitrogens with zero attached hydrogens (tertiary/aromatic N) is 3. The van der Waals surface area contributed by atoms with Gasteiger partial charge in [0.25, 0.3) is 0 Å². The monoisotopic (exact) mass is 389 g/mol. The van der Waals surface area contributed by atoms with Crippen LogP contribution in [0.25, 0.3) is 10.4 Å². The topological polar surface area (TPSA) is 84.3 Å². The summed E-state index contributed by atoms with van der Waals surface area (Å²) in [5.41, 5.74) is 8.56. The lowest BCUT2D eigenvalue weighted by Gasteiger charge is -2.55. The van der Waals surface area contributed by atoms with E-state index in [1.165, 1.54) is 0 Å². The number of ether oxygens (including phenoxy) is 2. The Morgan fingerprint density at radius 3 is 2.50 bits per heavy atom. The minimum Gasteiger partial charge on any atom is -0.347 e. The second-order valence-electron chi connectivity index (χ2n) is 10.3. The van der Waals surface area contributed by atoms with Crippen molar-refractivity contribution < 1.29 is 14.3 Å². The molecule has 6 heteroatoms. The molecule has 0 N–H and O–H groups in total. The van der Waals surface area contributed by atoms with Crippen molar-refractivity contribution in [2.24, 2.45) is 39.6 Å². The highest BCUT2D eigenvalue weighted by Gasteiger charge is 2.66. The lowest BCUT2D eigenvalue weighted by atomic mass is 9.50. The van der Waals surface area contributed by atoms with E-state index in [0.717, 1.165) is 44.9 Å². The van der Waals surface area contributed by atoms with Crippen molar-refractivity contribution >= 4 is 5.78 Å². The second kappa shape index (κ2) is 7.30. The Morgan fingerprint density at radius 1 is 1.11 bits per heavy atom. The molecule has 0 radical (unpaired) electrons. The fraction of sp³-hybridized carbons (Fsp3) is 0.955. The van der Waals surface area contributed by atoms with Crippen LogP contribution in [0.1, 0.15) is 72.1 Å². The van der Waals surface area contributed by atoms with E-state index in [-0.39, 0.29) is 10.8 Å². The number of azide groups is 1. The Hall–Kier alpha value is -1.10. The molecule has 0 aromatic carbocycles. The van der Waals surface area contributed by atoms with Gasteiger partial charge in [0.05, 0.1) is 13.2 Å². The molecular weight excluding hydrogens is 354 g/mol. The quantitative estimate of drug-likeness (QED) is 0.373. The molecule has 4 fully saturated rings. The molecule has 156 valence electrons. The fourth-order valence-corrected chi connectivity index (χ4v) is 7.35. The zero-order valence-electron chi connectivity index (χ0n) is 17.7. The van der Waals surface area contributed by atoms with E-state index in [2.05, 4.69) is 30.8 Å². The lowest BCUT2D eigenvalue weighted by Crippen LogP contribution is -2.55. The molecule has 1 spiro atoms. The first-order valence-electron chi connectivity index (χ1n) is 11.2. The van der Waals surface area contributed by atoms with Gasteiger partial charge in [0.1, 0.15) is 5.78 Å². The molecule has 28 heavy (non-hydrogen) atoms. The molecule has 0 aromatic heterocycles. The molecule has 3 saturated carbocycles. The maximum Gasteiger partial charge on any atom is 0.174 e. The zero-order chi connectivity index (χ0) is 20.0. The highest BCUT2D eigenvalue weighted by atomic mass is 16.7. The third kappa shape index (κ3) is 2.91. The van der Waals surface area contributed by atoms with Crippen LogP contribution in [0.15, 0.2) is 5.11 Å². The maximum absolute atomic E-state index is 13.2. The van der Waals surface area contributed by atoms with Crippen LogP contribution in [-0.4, -0.2) is 31.3 Å². The number of rotatable bonds is 4. The summed E-state index contributed by atoms with van der Waals surface area (Å²) in [6.45, 7) is 8.65. The van der Waals surface area contributed by atoms with E-state index in [4.69, 9.17) is 15.0 Å². The van der Waals surface area contributed by atoms with Crippen LogP contribution >= 0.6 is 0 Å². The van der Waals surface area contributed by atoms with Gasteiger partial charge in [-0.3, -0.25) is 4.79 Å². The fourth-order valence-electron chi connectivity index (χ4n) is 7.35. The average Bonchev–Trinajstić information content (AvgIpc) is 3.26. The number of hydrogen-bond donors (Lipinski definition) is 0. The van der Waals surface area contributed by atoms with Gasteiger partial charge in [-0.15, -0.1) is 0 Å². The molecule has 6 atom stereocenters. The van der Waals surface area contributed by atoms with Gasteiger partial charge in [0.15, 0.2) is 5.79 Å². The van der Waals surface area contributed by atoms with E-state index in [1.54, 1.807) is 0 Å². The normalized spacial score (nSPS) is 45.0. The highest BCUT2D eigenvalue weighted by Crippen LogP contribution is 2.66. The van der Waals surface area contributed by atoms with Gasteiger partial charge in [-0.25, -0.2) is 0 Å². The third-order valence-electron chi connectivity index (χ3n) is 9.01. The third-order valence-corrected chi connectivity index (χ3v) is 9.01. The Bertz CT molecular complexity index is 670. The summed E-state index contributed by atoms with van der Waals surface area (Å²) < 4.78 is 12.4. The summed E-state index contributed by atoms with van der Waals surface area (Å²) in [7, 11) is 0. The Morgan fingerprint density at radius 2 is 1.82 bits per heavy atom. The summed E-state index contributed by atoms with van der Waals surface area (Å²) >= 11 is 0.